The highest BCUT2D eigenvalue weighted by Crippen LogP contribution is 2.66. The van der Waals surface area contributed by atoms with Crippen LogP contribution in [0, 0.1) is 47.3 Å². The second kappa shape index (κ2) is 15.3. The maximum absolute atomic E-state index is 14.9. The zero-order valence-corrected chi connectivity index (χ0v) is 39.2. The second-order valence-corrected chi connectivity index (χ2v) is 33.8. The van der Waals surface area contributed by atoms with Crippen LogP contribution in [0.5, 0.6) is 0 Å². The lowest BCUT2D eigenvalue weighted by Gasteiger charge is -2.48. The van der Waals surface area contributed by atoms with Crippen LogP contribution >= 0.6 is 0 Å². The van der Waals surface area contributed by atoms with Gasteiger partial charge in [0, 0.05) is 29.6 Å². The van der Waals surface area contributed by atoms with Gasteiger partial charge in [0.1, 0.15) is 17.0 Å². The quantitative estimate of drug-likeness (QED) is 0.105. The third kappa shape index (κ3) is 7.68. The van der Waals surface area contributed by atoms with Gasteiger partial charge in [-0.15, -0.1) is 0 Å². The summed E-state index contributed by atoms with van der Waals surface area (Å²) in [7, 11) is -5.77. The van der Waals surface area contributed by atoms with E-state index in [1.54, 1.807) is 0 Å². The number of hydrogen-bond acceptors (Lipinski definition) is 6. The number of allylic oxidation sites excluding steroid dienone is 1. The predicted octanol–water partition coefficient (Wildman–Crippen LogP) is 11.5. The Bertz CT molecular complexity index is 1340. The van der Waals surface area contributed by atoms with E-state index in [1.165, 1.54) is 5.57 Å². The molecule has 0 spiro atoms. The molecule has 2 heterocycles. The van der Waals surface area contributed by atoms with Crippen LogP contribution < -0.4 is 0 Å². The molecule has 0 aromatic heterocycles. The summed E-state index contributed by atoms with van der Waals surface area (Å²) in [4.78, 5) is 14.9. The number of hydrogen-bond donors (Lipinski definition) is 0. The maximum atomic E-state index is 14.9. The van der Waals surface area contributed by atoms with Crippen molar-refractivity contribution in [3.05, 3.63) is 23.0 Å². The van der Waals surface area contributed by atoms with Gasteiger partial charge in [-0.1, -0.05) is 67.0 Å². The molecule has 3 fully saturated rings. The van der Waals surface area contributed by atoms with Gasteiger partial charge in [-0.05, 0) is 128 Å². The van der Waals surface area contributed by atoms with E-state index >= 15 is 0 Å². The summed E-state index contributed by atoms with van der Waals surface area (Å²) in [6.45, 7) is 36.4. The van der Waals surface area contributed by atoms with Crippen LogP contribution in [0.4, 0.5) is 0 Å². The summed E-state index contributed by atoms with van der Waals surface area (Å²) >= 11 is 0. The van der Waals surface area contributed by atoms with Gasteiger partial charge in [0.2, 0.25) is 0 Å². The fourth-order valence-corrected chi connectivity index (χ4v) is 18.8. The molecular formula is C43H78O6Si3. The van der Waals surface area contributed by atoms with Crippen LogP contribution in [0.3, 0.4) is 0 Å². The number of carbonyl (C=O) groups is 1. The van der Waals surface area contributed by atoms with Crippen LogP contribution in [0.15, 0.2) is 23.0 Å². The van der Waals surface area contributed by atoms with E-state index < -0.39 is 30.6 Å². The van der Waals surface area contributed by atoms with E-state index in [-0.39, 0.29) is 71.3 Å². The Kier molecular flexibility index (Phi) is 12.5. The molecule has 52 heavy (non-hydrogen) atoms. The lowest BCUT2D eigenvalue weighted by molar-refractivity contribution is -0.155. The Morgan fingerprint density at radius 1 is 0.865 bits per heavy atom. The monoisotopic (exact) mass is 775 g/mol. The normalized spacial score (nSPS) is 37.8. The van der Waals surface area contributed by atoms with Crippen molar-refractivity contribution < 1.29 is 27.5 Å². The maximum Gasteiger partial charge on any atom is 0.338 e. The van der Waals surface area contributed by atoms with Crippen molar-refractivity contribution in [1.29, 1.82) is 0 Å². The summed E-state index contributed by atoms with van der Waals surface area (Å²) < 4.78 is 36.0. The molecule has 0 aromatic carbocycles. The molecule has 1 saturated heterocycles. The molecule has 5 rings (SSSR count). The highest BCUT2D eigenvalue weighted by Gasteiger charge is 2.67. The molecule has 9 heteroatoms. The molecule has 3 aliphatic carbocycles. The standard InChI is InChI=1S/C43H78O6Si3/c1-17-51(18-2,19-3)48-38-29(9)40(49-52(20-4,21-5)22-6)35-31(38)25-27(7)30-26-32-36(34(30)35)37(41(44)46-42(10,11)12)39-28(8)33(47-50(14,15)16)23-24-43(32,13)45-39/h25,28-36,38,40H,17-24,26H2,1-16H3/t28-,29-,30-,31+,32+,33+,34-,35-,36+,38-,40+,43-/m1/s1. The summed E-state index contributed by atoms with van der Waals surface area (Å²) in [5.74, 6) is 2.39. The largest absolute Gasteiger partial charge is 0.491 e. The Hall–Kier alpha value is -0.719. The molecule has 298 valence electrons. The van der Waals surface area contributed by atoms with Crippen molar-refractivity contribution in [1.82, 2.24) is 0 Å². The van der Waals surface area contributed by atoms with E-state index in [2.05, 4.69) is 95.0 Å². The first-order valence-electron chi connectivity index (χ1n) is 21.5. The summed E-state index contributed by atoms with van der Waals surface area (Å²) in [5, 5.41) is 0. The van der Waals surface area contributed by atoms with Gasteiger partial charge in [-0.25, -0.2) is 4.79 Å². The molecule has 2 aliphatic heterocycles. The molecule has 12 atom stereocenters. The zero-order chi connectivity index (χ0) is 38.8. The minimum atomic E-state index is -1.98. The minimum Gasteiger partial charge on any atom is -0.491 e. The van der Waals surface area contributed by atoms with Crippen LogP contribution in [0.2, 0.25) is 55.9 Å². The SMILES string of the molecule is CC[Si](CC)(CC)O[C@@H]1[C@@H](C)[C@H](O[Si](CC)(CC)CC)[C@@H]2[C@@H]1C=C(C)[C@H]1C[C@H]3[C@H](C(C(=O)OC(C)(C)C)=C4O[C@]3(C)CC[C@H](O[Si](C)(C)C)[C@H]4C)[C@@H]21. The average molecular weight is 775 g/mol. The molecule has 6 nitrogen and oxygen atoms in total. The molecule has 0 radical (unpaired) electrons. The first-order chi connectivity index (χ1) is 24.2. The van der Waals surface area contributed by atoms with Crippen molar-refractivity contribution in [2.24, 2.45) is 47.3 Å². The van der Waals surface area contributed by atoms with E-state index in [1.807, 2.05) is 20.8 Å². The molecular weight excluding hydrogens is 697 g/mol. The Morgan fingerprint density at radius 2 is 1.40 bits per heavy atom. The predicted molar refractivity (Wildman–Crippen MR) is 222 cm³/mol. The van der Waals surface area contributed by atoms with Crippen LogP contribution in [0.25, 0.3) is 0 Å². The first kappa shape index (κ1) is 42.4. The van der Waals surface area contributed by atoms with Crippen molar-refractivity contribution in [3.8, 4) is 0 Å². The van der Waals surface area contributed by atoms with Crippen molar-refractivity contribution in [2.75, 3.05) is 0 Å². The Labute approximate surface area is 322 Å². The lowest BCUT2D eigenvalue weighted by atomic mass is 9.63. The molecule has 0 amide bonds. The van der Waals surface area contributed by atoms with E-state index in [0.29, 0.717) is 5.92 Å². The topological polar surface area (TPSA) is 63.2 Å². The van der Waals surface area contributed by atoms with Crippen LogP contribution in [-0.2, 0) is 27.5 Å². The van der Waals surface area contributed by atoms with Gasteiger partial charge < -0.3 is 22.8 Å². The van der Waals surface area contributed by atoms with E-state index in [4.69, 9.17) is 22.8 Å². The second-order valence-electron chi connectivity index (χ2n) is 19.9. The van der Waals surface area contributed by atoms with Crippen molar-refractivity contribution >= 4 is 30.9 Å². The summed E-state index contributed by atoms with van der Waals surface area (Å²) in [6, 6.07) is 6.83. The molecule has 2 saturated carbocycles. The molecule has 0 unspecified atom stereocenters. The number of ether oxygens (including phenoxy) is 2. The Morgan fingerprint density at radius 3 is 1.90 bits per heavy atom. The van der Waals surface area contributed by atoms with Gasteiger partial charge in [0.25, 0.3) is 0 Å². The van der Waals surface area contributed by atoms with Crippen molar-refractivity contribution in [2.45, 2.75) is 195 Å². The van der Waals surface area contributed by atoms with Gasteiger partial charge >= 0.3 is 5.97 Å². The lowest BCUT2D eigenvalue weighted by Crippen LogP contribution is -2.50. The van der Waals surface area contributed by atoms with Gasteiger partial charge in [-0.2, -0.15) is 0 Å². The third-order valence-corrected chi connectivity index (χ3v) is 25.2. The highest BCUT2D eigenvalue weighted by atomic mass is 28.4. The van der Waals surface area contributed by atoms with Gasteiger partial charge in [0.05, 0.1) is 23.9 Å². The molecule has 2 bridgehead atoms. The molecule has 0 N–H and O–H groups in total. The molecule has 5 aliphatic rings. The minimum absolute atomic E-state index is 0.0247. The number of rotatable bonds is 13. The Balaban J connectivity index is 1.73. The average Bonchev–Trinajstić information content (AvgIpc) is 3.56. The number of fused-ring (bicyclic) bond motifs is 8. The fraction of sp³-hybridized carbons (Fsp3) is 0.884. The third-order valence-electron chi connectivity index (χ3n) is 14.9. The van der Waals surface area contributed by atoms with E-state index in [9.17, 15) is 4.79 Å². The van der Waals surface area contributed by atoms with Crippen LogP contribution in [-0.4, -0.2) is 60.4 Å². The van der Waals surface area contributed by atoms with Crippen molar-refractivity contribution in [3.63, 3.8) is 0 Å². The van der Waals surface area contributed by atoms with Gasteiger partial charge in [0.15, 0.2) is 25.0 Å². The first-order valence-corrected chi connectivity index (χ1v) is 30.0. The number of esters is 1. The van der Waals surface area contributed by atoms with E-state index in [0.717, 1.165) is 66.9 Å². The summed E-state index contributed by atoms with van der Waals surface area (Å²) in [5.41, 5.74) is 1.32. The fourth-order valence-electron chi connectivity index (χ4n) is 11.7. The summed E-state index contributed by atoms with van der Waals surface area (Å²) in [6.07, 6.45) is 5.83. The smallest absolute Gasteiger partial charge is 0.338 e. The van der Waals surface area contributed by atoms with Gasteiger partial charge in [-0.3, -0.25) is 0 Å². The van der Waals surface area contributed by atoms with Crippen LogP contribution in [0.1, 0.15) is 109 Å². The highest BCUT2D eigenvalue weighted by molar-refractivity contribution is 6.74. The number of carbonyl (C=O) groups excluding carboxylic acids is 1. The molecule has 0 aromatic rings. The zero-order valence-electron chi connectivity index (χ0n) is 36.2.